The van der Waals surface area contributed by atoms with Gasteiger partial charge < -0.3 is 0 Å². The summed E-state index contributed by atoms with van der Waals surface area (Å²) >= 11 is 2.81. The average Bonchev–Trinajstić information content (AvgIpc) is 2.61. The van der Waals surface area contributed by atoms with Crippen LogP contribution >= 0.6 is 15.9 Å². The standard InChI is InChI=1S/C9H6BrF2N3/c1-15-3-2-6(14-15)9-8(12)7(10)5(11)4-13-9/h2-4H,1H3. The Balaban J connectivity index is 2.59. The van der Waals surface area contributed by atoms with Crippen molar-refractivity contribution in [1.29, 1.82) is 0 Å². The minimum atomic E-state index is -0.742. The Morgan fingerprint density at radius 2 is 2.13 bits per heavy atom. The molecule has 2 heterocycles. The van der Waals surface area contributed by atoms with Crippen LogP contribution in [0.5, 0.6) is 0 Å². The summed E-state index contributed by atoms with van der Waals surface area (Å²) in [6.07, 6.45) is 2.62. The number of rotatable bonds is 1. The fourth-order valence-corrected chi connectivity index (χ4v) is 1.45. The minimum Gasteiger partial charge on any atom is -0.275 e. The van der Waals surface area contributed by atoms with Crippen molar-refractivity contribution in [3.8, 4) is 11.4 Å². The number of nitrogens with zero attached hydrogens (tertiary/aromatic N) is 3. The average molecular weight is 274 g/mol. The van der Waals surface area contributed by atoms with E-state index in [-0.39, 0.29) is 10.2 Å². The normalized spacial score (nSPS) is 10.7. The summed E-state index contributed by atoms with van der Waals surface area (Å²) in [6, 6.07) is 1.61. The van der Waals surface area contributed by atoms with Gasteiger partial charge >= 0.3 is 0 Å². The Hall–Kier alpha value is -1.30. The molecule has 0 aromatic carbocycles. The van der Waals surface area contributed by atoms with E-state index in [4.69, 9.17) is 0 Å². The Labute approximate surface area is 92.9 Å². The van der Waals surface area contributed by atoms with Crippen LogP contribution in [0, 0.1) is 11.6 Å². The lowest BCUT2D eigenvalue weighted by molar-refractivity contribution is 0.564. The molecule has 0 aliphatic rings. The molecule has 0 N–H and O–H groups in total. The first kappa shape index (κ1) is 10.2. The second kappa shape index (κ2) is 3.69. The predicted molar refractivity (Wildman–Crippen MR) is 54.1 cm³/mol. The van der Waals surface area contributed by atoms with Gasteiger partial charge in [0.2, 0.25) is 0 Å². The fourth-order valence-electron chi connectivity index (χ4n) is 1.16. The number of aromatic nitrogens is 3. The van der Waals surface area contributed by atoms with Crippen LogP contribution in [-0.4, -0.2) is 14.8 Å². The number of pyridine rings is 1. The first-order chi connectivity index (χ1) is 7.09. The first-order valence-corrected chi connectivity index (χ1v) is 4.88. The molecule has 3 nitrogen and oxygen atoms in total. The van der Waals surface area contributed by atoms with E-state index in [1.165, 1.54) is 4.68 Å². The highest BCUT2D eigenvalue weighted by molar-refractivity contribution is 9.10. The van der Waals surface area contributed by atoms with Crippen LogP contribution in [0.15, 0.2) is 22.9 Å². The smallest absolute Gasteiger partial charge is 0.168 e. The highest BCUT2D eigenvalue weighted by Crippen LogP contribution is 2.26. The second-order valence-electron chi connectivity index (χ2n) is 2.96. The van der Waals surface area contributed by atoms with Gasteiger partial charge in [-0.2, -0.15) is 5.10 Å². The maximum atomic E-state index is 13.6. The van der Waals surface area contributed by atoms with Crippen molar-refractivity contribution in [3.63, 3.8) is 0 Å². The molecular weight excluding hydrogens is 268 g/mol. The zero-order valence-electron chi connectivity index (χ0n) is 7.71. The lowest BCUT2D eigenvalue weighted by Crippen LogP contribution is -1.95. The van der Waals surface area contributed by atoms with Crippen molar-refractivity contribution in [3.05, 3.63) is 34.6 Å². The molecular formula is C9H6BrF2N3. The maximum absolute atomic E-state index is 13.6. The lowest BCUT2D eigenvalue weighted by atomic mass is 10.2. The van der Waals surface area contributed by atoms with E-state index in [1.54, 1.807) is 19.3 Å². The molecule has 0 saturated heterocycles. The molecule has 0 amide bonds. The van der Waals surface area contributed by atoms with Crippen LogP contribution in [0.3, 0.4) is 0 Å². The Bertz CT molecular complexity index is 510. The summed E-state index contributed by atoms with van der Waals surface area (Å²) in [6.45, 7) is 0. The predicted octanol–water partition coefficient (Wildman–Crippen LogP) is 2.52. The van der Waals surface area contributed by atoms with Crippen LogP contribution in [0.25, 0.3) is 11.4 Å². The van der Waals surface area contributed by atoms with Gasteiger partial charge in [0.1, 0.15) is 11.4 Å². The van der Waals surface area contributed by atoms with Crippen molar-refractivity contribution < 1.29 is 8.78 Å². The maximum Gasteiger partial charge on any atom is 0.168 e. The zero-order chi connectivity index (χ0) is 11.0. The largest absolute Gasteiger partial charge is 0.275 e. The minimum absolute atomic E-state index is 0.0314. The van der Waals surface area contributed by atoms with Gasteiger partial charge in [-0.3, -0.25) is 4.68 Å². The van der Waals surface area contributed by atoms with Crippen molar-refractivity contribution in [1.82, 2.24) is 14.8 Å². The fraction of sp³-hybridized carbons (Fsp3) is 0.111. The van der Waals surface area contributed by atoms with Gasteiger partial charge in [-0.15, -0.1) is 0 Å². The van der Waals surface area contributed by atoms with E-state index >= 15 is 0 Å². The van der Waals surface area contributed by atoms with Crippen LogP contribution in [-0.2, 0) is 7.05 Å². The molecule has 78 valence electrons. The molecule has 0 aliphatic carbocycles. The molecule has 0 aliphatic heterocycles. The third-order valence-electron chi connectivity index (χ3n) is 1.87. The Morgan fingerprint density at radius 3 is 2.73 bits per heavy atom. The van der Waals surface area contributed by atoms with Crippen molar-refractivity contribution in [2.75, 3.05) is 0 Å². The van der Waals surface area contributed by atoms with E-state index in [9.17, 15) is 8.78 Å². The van der Waals surface area contributed by atoms with Gasteiger partial charge in [0.15, 0.2) is 11.6 Å². The summed E-state index contributed by atoms with van der Waals surface area (Å²) in [5.41, 5.74) is 0.402. The molecule has 0 atom stereocenters. The summed E-state index contributed by atoms with van der Waals surface area (Å²) in [7, 11) is 1.71. The number of hydrogen-bond donors (Lipinski definition) is 0. The second-order valence-corrected chi connectivity index (χ2v) is 3.75. The molecule has 2 rings (SSSR count). The van der Waals surface area contributed by atoms with Gasteiger partial charge in [0.25, 0.3) is 0 Å². The monoisotopic (exact) mass is 273 g/mol. The molecule has 0 bridgehead atoms. The van der Waals surface area contributed by atoms with Gasteiger partial charge in [0, 0.05) is 13.2 Å². The van der Waals surface area contributed by atoms with Crippen molar-refractivity contribution in [2.45, 2.75) is 0 Å². The van der Waals surface area contributed by atoms with Crippen LogP contribution in [0.1, 0.15) is 0 Å². The zero-order valence-corrected chi connectivity index (χ0v) is 9.29. The van der Waals surface area contributed by atoms with Crippen LogP contribution in [0.2, 0.25) is 0 Å². The molecule has 15 heavy (non-hydrogen) atoms. The summed E-state index contributed by atoms with van der Waals surface area (Å²) in [5.74, 6) is -1.47. The third-order valence-corrected chi connectivity index (χ3v) is 2.60. The van der Waals surface area contributed by atoms with E-state index in [1.807, 2.05) is 0 Å². The molecule has 2 aromatic heterocycles. The SMILES string of the molecule is Cn1ccc(-c2ncc(F)c(Br)c2F)n1. The molecule has 0 fully saturated rings. The molecule has 2 aromatic rings. The molecule has 0 unspecified atom stereocenters. The van der Waals surface area contributed by atoms with Gasteiger partial charge in [-0.05, 0) is 22.0 Å². The molecule has 0 saturated carbocycles. The van der Waals surface area contributed by atoms with Crippen LogP contribution in [0.4, 0.5) is 8.78 Å². The number of aryl methyl sites for hydroxylation is 1. The number of halogens is 3. The number of hydrogen-bond acceptors (Lipinski definition) is 2. The van der Waals surface area contributed by atoms with Gasteiger partial charge in [-0.1, -0.05) is 0 Å². The lowest BCUT2D eigenvalue weighted by Gasteiger charge is -2.01. The first-order valence-electron chi connectivity index (χ1n) is 4.09. The van der Waals surface area contributed by atoms with E-state index in [0.29, 0.717) is 5.69 Å². The summed E-state index contributed by atoms with van der Waals surface area (Å²) < 4.78 is 27.8. The van der Waals surface area contributed by atoms with Gasteiger partial charge in [0.05, 0.1) is 10.7 Å². The molecule has 0 spiro atoms. The Kier molecular flexibility index (Phi) is 2.52. The van der Waals surface area contributed by atoms with E-state index in [0.717, 1.165) is 6.20 Å². The van der Waals surface area contributed by atoms with Crippen molar-refractivity contribution in [2.24, 2.45) is 7.05 Å². The van der Waals surface area contributed by atoms with E-state index in [2.05, 4.69) is 26.0 Å². The van der Waals surface area contributed by atoms with Crippen LogP contribution < -0.4 is 0 Å². The summed E-state index contributed by atoms with van der Waals surface area (Å²) in [4.78, 5) is 3.67. The quantitative estimate of drug-likeness (QED) is 0.800. The molecule has 6 heteroatoms. The van der Waals surface area contributed by atoms with E-state index < -0.39 is 11.6 Å². The highest BCUT2D eigenvalue weighted by Gasteiger charge is 2.15. The van der Waals surface area contributed by atoms with Gasteiger partial charge in [-0.25, -0.2) is 13.8 Å². The highest BCUT2D eigenvalue weighted by atomic mass is 79.9. The summed E-state index contributed by atoms with van der Waals surface area (Å²) in [5, 5.41) is 3.98. The third kappa shape index (κ3) is 1.77. The molecule has 0 radical (unpaired) electrons. The topological polar surface area (TPSA) is 30.7 Å². The Morgan fingerprint density at radius 1 is 1.40 bits per heavy atom. The van der Waals surface area contributed by atoms with Crippen molar-refractivity contribution >= 4 is 15.9 Å².